The van der Waals surface area contributed by atoms with E-state index in [9.17, 15) is 10.2 Å². The molecule has 0 radical (unpaired) electrons. The Morgan fingerprint density at radius 3 is 1.32 bits per heavy atom. The van der Waals surface area contributed by atoms with Gasteiger partial charge in [0.15, 0.2) is 0 Å². The fourth-order valence-corrected chi connectivity index (χ4v) is 3.16. The maximum Gasteiger partial charge on any atom is 0.0722 e. The molecule has 0 bridgehead atoms. The Labute approximate surface area is 209 Å². The van der Waals surface area contributed by atoms with Gasteiger partial charge in [-0.3, -0.25) is 0 Å². The van der Waals surface area contributed by atoms with Crippen molar-refractivity contribution in [2.24, 2.45) is 11.5 Å². The van der Waals surface area contributed by atoms with Gasteiger partial charge < -0.3 is 21.7 Å². The lowest BCUT2D eigenvalue weighted by molar-refractivity contribution is 0.138. The first-order valence-electron chi connectivity index (χ1n) is 13.2. The van der Waals surface area contributed by atoms with Crippen LogP contribution in [0.3, 0.4) is 0 Å². The molecule has 0 aromatic heterocycles. The van der Waals surface area contributed by atoms with Gasteiger partial charge in [-0.25, -0.2) is 0 Å². The number of allylic oxidation sites excluding steroid dienone is 11. The molecule has 0 spiro atoms. The summed E-state index contributed by atoms with van der Waals surface area (Å²) in [6.07, 6.45) is 37.4. The SMILES string of the molecule is C[C@@H](N)[C@@H](O)CC=CCC=CCC=CCC=CCC=CCC=CCCCCCC[C@H](O)[C@@H](C)N. The lowest BCUT2D eigenvalue weighted by Crippen LogP contribution is -2.31. The summed E-state index contributed by atoms with van der Waals surface area (Å²) in [6.45, 7) is 3.68. The zero-order chi connectivity index (χ0) is 25.3. The van der Waals surface area contributed by atoms with Gasteiger partial charge in [0, 0.05) is 12.1 Å². The number of hydrogen-bond donors (Lipinski definition) is 4. The number of rotatable bonds is 21. The van der Waals surface area contributed by atoms with Crippen molar-refractivity contribution in [2.45, 2.75) is 115 Å². The van der Waals surface area contributed by atoms with Gasteiger partial charge in [0.2, 0.25) is 0 Å². The lowest BCUT2D eigenvalue weighted by Gasteiger charge is -2.13. The molecule has 4 nitrogen and oxygen atoms in total. The Balaban J connectivity index is 3.54. The van der Waals surface area contributed by atoms with Crippen molar-refractivity contribution in [1.82, 2.24) is 0 Å². The van der Waals surface area contributed by atoms with Crippen LogP contribution in [0.4, 0.5) is 0 Å². The summed E-state index contributed by atoms with van der Waals surface area (Å²) in [4.78, 5) is 0. The first kappa shape index (κ1) is 32.3. The van der Waals surface area contributed by atoms with Crippen molar-refractivity contribution in [1.29, 1.82) is 0 Å². The maximum absolute atomic E-state index is 9.66. The minimum Gasteiger partial charge on any atom is -0.392 e. The van der Waals surface area contributed by atoms with Gasteiger partial charge in [0.1, 0.15) is 0 Å². The molecule has 4 atom stereocenters. The van der Waals surface area contributed by atoms with Gasteiger partial charge in [-0.05, 0) is 71.6 Å². The Bertz CT molecular complexity index is 615. The molecule has 0 aromatic rings. The zero-order valence-corrected chi connectivity index (χ0v) is 21.8. The van der Waals surface area contributed by atoms with E-state index in [1.54, 1.807) is 0 Å². The highest BCUT2D eigenvalue weighted by atomic mass is 16.3. The summed E-state index contributed by atoms with van der Waals surface area (Å²) in [5.74, 6) is 0. The van der Waals surface area contributed by atoms with Crippen molar-refractivity contribution in [2.75, 3.05) is 0 Å². The van der Waals surface area contributed by atoms with Crippen molar-refractivity contribution >= 4 is 0 Å². The third-order valence-corrected chi connectivity index (χ3v) is 5.57. The maximum atomic E-state index is 9.66. The highest BCUT2D eigenvalue weighted by Gasteiger charge is 2.08. The monoisotopic (exact) mass is 472 g/mol. The normalized spacial score (nSPS) is 16.8. The van der Waals surface area contributed by atoms with Crippen LogP contribution in [0.25, 0.3) is 0 Å². The molecule has 0 aliphatic rings. The van der Waals surface area contributed by atoms with Crippen LogP contribution >= 0.6 is 0 Å². The van der Waals surface area contributed by atoms with Crippen molar-refractivity contribution < 1.29 is 10.2 Å². The Kier molecular flexibility index (Phi) is 23.2. The van der Waals surface area contributed by atoms with Gasteiger partial charge in [0.25, 0.3) is 0 Å². The van der Waals surface area contributed by atoms with E-state index in [1.807, 2.05) is 19.9 Å². The van der Waals surface area contributed by atoms with Gasteiger partial charge in [-0.2, -0.15) is 0 Å². The minimum absolute atomic E-state index is 0.117. The van der Waals surface area contributed by atoms with Crippen LogP contribution in [0.5, 0.6) is 0 Å². The molecule has 194 valence electrons. The minimum atomic E-state index is -0.451. The van der Waals surface area contributed by atoms with E-state index in [2.05, 4.69) is 66.8 Å². The summed E-state index contributed by atoms with van der Waals surface area (Å²) in [5.41, 5.74) is 11.3. The molecular formula is C30H52N2O2. The molecule has 0 unspecified atom stereocenters. The summed E-state index contributed by atoms with van der Waals surface area (Å²) < 4.78 is 0. The first-order chi connectivity index (χ1) is 16.4. The molecule has 0 aliphatic heterocycles. The lowest BCUT2D eigenvalue weighted by atomic mass is 10.0. The topological polar surface area (TPSA) is 92.5 Å². The number of aliphatic hydroxyl groups excluding tert-OH is 2. The Morgan fingerprint density at radius 1 is 0.500 bits per heavy atom. The molecular weight excluding hydrogens is 420 g/mol. The molecule has 0 fully saturated rings. The van der Waals surface area contributed by atoms with E-state index < -0.39 is 6.10 Å². The van der Waals surface area contributed by atoms with E-state index in [0.29, 0.717) is 6.42 Å². The number of unbranched alkanes of at least 4 members (excludes halogenated alkanes) is 4. The van der Waals surface area contributed by atoms with Crippen LogP contribution < -0.4 is 11.5 Å². The quantitative estimate of drug-likeness (QED) is 0.114. The van der Waals surface area contributed by atoms with E-state index in [-0.39, 0.29) is 18.2 Å². The molecule has 4 heteroatoms. The average molecular weight is 473 g/mol. The summed E-state index contributed by atoms with van der Waals surface area (Å²) in [5, 5.41) is 19.3. The molecule has 0 saturated heterocycles. The third-order valence-electron chi connectivity index (χ3n) is 5.57. The second-order valence-corrected chi connectivity index (χ2v) is 9.09. The van der Waals surface area contributed by atoms with E-state index >= 15 is 0 Å². The smallest absolute Gasteiger partial charge is 0.0722 e. The van der Waals surface area contributed by atoms with Crippen LogP contribution in [-0.4, -0.2) is 34.5 Å². The predicted octanol–water partition coefficient (Wildman–Crippen LogP) is 6.42. The second kappa shape index (κ2) is 24.4. The summed E-state index contributed by atoms with van der Waals surface area (Å²) in [7, 11) is 0. The number of aliphatic hydroxyl groups is 2. The standard InChI is InChI=1S/C30H52N2O2/c1-27(31)29(33)25-23-21-19-17-15-13-11-9-7-5-3-4-6-8-10-12-14-16-18-20-22-24-26-30(34)28(2)32/h3,5-6,8-9,11-12,14-15,17,21,23,27-30,33-34H,4,7,10,13,16,18-20,22,24-26,31-32H2,1-2H3/t27-,28-,29+,30+/m1/s1. The molecule has 0 rings (SSSR count). The molecule has 0 aliphatic carbocycles. The highest BCUT2D eigenvalue weighted by Crippen LogP contribution is 2.09. The first-order valence-corrected chi connectivity index (χ1v) is 13.2. The van der Waals surface area contributed by atoms with Crippen LogP contribution in [-0.2, 0) is 0 Å². The number of nitrogens with two attached hydrogens (primary N) is 2. The van der Waals surface area contributed by atoms with E-state index in [4.69, 9.17) is 11.5 Å². The molecule has 0 amide bonds. The van der Waals surface area contributed by atoms with Crippen molar-refractivity contribution in [3.05, 3.63) is 72.9 Å². The Morgan fingerprint density at radius 2 is 0.882 bits per heavy atom. The van der Waals surface area contributed by atoms with Crippen LogP contribution in [0.2, 0.25) is 0 Å². The van der Waals surface area contributed by atoms with Gasteiger partial charge in [0.05, 0.1) is 12.2 Å². The molecule has 34 heavy (non-hydrogen) atoms. The second-order valence-electron chi connectivity index (χ2n) is 9.09. The van der Waals surface area contributed by atoms with Crippen molar-refractivity contribution in [3.8, 4) is 0 Å². The largest absolute Gasteiger partial charge is 0.392 e. The zero-order valence-electron chi connectivity index (χ0n) is 21.8. The fourth-order valence-electron chi connectivity index (χ4n) is 3.16. The average Bonchev–Trinajstić information content (AvgIpc) is 2.81. The van der Waals surface area contributed by atoms with Gasteiger partial charge in [-0.1, -0.05) is 92.2 Å². The van der Waals surface area contributed by atoms with Gasteiger partial charge in [-0.15, -0.1) is 0 Å². The van der Waals surface area contributed by atoms with E-state index in [1.165, 1.54) is 19.3 Å². The molecule has 0 aromatic carbocycles. The van der Waals surface area contributed by atoms with E-state index in [0.717, 1.165) is 51.4 Å². The summed E-state index contributed by atoms with van der Waals surface area (Å²) >= 11 is 0. The fraction of sp³-hybridized carbons (Fsp3) is 0.600. The predicted molar refractivity (Wildman–Crippen MR) is 150 cm³/mol. The highest BCUT2D eigenvalue weighted by molar-refractivity contribution is 5.01. The molecule has 0 saturated carbocycles. The Hall–Kier alpha value is -1.72. The summed E-state index contributed by atoms with van der Waals surface area (Å²) in [6, 6.07) is -0.295. The third kappa shape index (κ3) is 23.4. The van der Waals surface area contributed by atoms with Crippen molar-refractivity contribution in [3.63, 3.8) is 0 Å². The van der Waals surface area contributed by atoms with Crippen LogP contribution in [0.1, 0.15) is 90.9 Å². The van der Waals surface area contributed by atoms with Crippen LogP contribution in [0, 0.1) is 0 Å². The van der Waals surface area contributed by atoms with Gasteiger partial charge >= 0.3 is 0 Å². The molecule has 0 heterocycles. The molecule has 6 N–H and O–H groups in total. The van der Waals surface area contributed by atoms with Crippen LogP contribution in [0.15, 0.2) is 72.9 Å². The number of hydrogen-bond acceptors (Lipinski definition) is 4.